The van der Waals surface area contributed by atoms with Crippen molar-refractivity contribution in [3.8, 4) is 11.3 Å². The average molecular weight is 348 g/mol. The van der Waals surface area contributed by atoms with Crippen LogP contribution in [-0.4, -0.2) is 21.0 Å². The molecule has 0 saturated carbocycles. The maximum absolute atomic E-state index is 11.3. The summed E-state index contributed by atoms with van der Waals surface area (Å²) in [6.07, 6.45) is 1.55. The molecule has 3 rings (SSSR count). The van der Waals surface area contributed by atoms with Gasteiger partial charge in [0.1, 0.15) is 0 Å². The van der Waals surface area contributed by atoms with Gasteiger partial charge in [0.25, 0.3) is 0 Å². The predicted molar refractivity (Wildman–Crippen MR) is 102 cm³/mol. The third-order valence-corrected chi connectivity index (χ3v) is 4.07. The fourth-order valence-corrected chi connectivity index (χ4v) is 2.73. The van der Waals surface area contributed by atoms with Gasteiger partial charge < -0.3 is 16.2 Å². The molecule has 0 saturated heterocycles. The summed E-state index contributed by atoms with van der Waals surface area (Å²) < 4.78 is 0. The first-order valence-electron chi connectivity index (χ1n) is 8.23. The zero-order chi connectivity index (χ0) is 18.7. The van der Waals surface area contributed by atoms with E-state index >= 15 is 0 Å². The predicted octanol–water partition coefficient (Wildman–Crippen LogP) is 3.91. The van der Waals surface area contributed by atoms with Crippen molar-refractivity contribution in [2.45, 2.75) is 19.9 Å². The average Bonchev–Trinajstić information content (AvgIpc) is 2.63. The molecule has 0 spiro atoms. The van der Waals surface area contributed by atoms with Crippen molar-refractivity contribution in [2.75, 3.05) is 11.1 Å². The molecule has 0 unspecified atom stereocenters. The molecule has 0 aliphatic heterocycles. The summed E-state index contributed by atoms with van der Waals surface area (Å²) in [5.74, 6) is -0.214. The van der Waals surface area contributed by atoms with E-state index < -0.39 is 5.97 Å². The highest BCUT2D eigenvalue weighted by atomic mass is 16.4. The molecule has 1 aromatic heterocycles. The van der Waals surface area contributed by atoms with Crippen LogP contribution >= 0.6 is 0 Å². The Morgan fingerprint density at radius 3 is 2.62 bits per heavy atom. The molecule has 6 nitrogen and oxygen atoms in total. The van der Waals surface area contributed by atoms with Crippen LogP contribution in [0.25, 0.3) is 11.3 Å². The van der Waals surface area contributed by atoms with Crippen LogP contribution in [0, 0.1) is 6.92 Å². The fraction of sp³-hybridized carbons (Fsp3) is 0.150. The maximum atomic E-state index is 11.3. The minimum Gasteiger partial charge on any atom is -0.478 e. The standard InChI is InChI=1S/C20H20N4O2/c1-12-8-15(10-16(9-12)20(25)26)17-11-22-18(21)19(24-17)23-13(2)14-6-4-3-5-7-14/h3-11,13H,1-2H3,(H2,21,22)(H,23,24)(H,25,26)/t13-/m1/s1. The number of carbonyl (C=O) groups is 1. The third-order valence-electron chi connectivity index (χ3n) is 4.07. The van der Waals surface area contributed by atoms with Crippen LogP contribution in [0.2, 0.25) is 0 Å². The Hall–Kier alpha value is -3.41. The SMILES string of the molecule is Cc1cc(C(=O)O)cc(-c2cnc(N)c(N[C@H](C)c3ccccc3)n2)c1. The van der Waals surface area contributed by atoms with Crippen LogP contribution < -0.4 is 11.1 Å². The second-order valence-electron chi connectivity index (χ2n) is 6.16. The minimum atomic E-state index is -0.977. The summed E-state index contributed by atoms with van der Waals surface area (Å²) >= 11 is 0. The lowest BCUT2D eigenvalue weighted by atomic mass is 10.0. The summed E-state index contributed by atoms with van der Waals surface area (Å²) in [6.45, 7) is 3.86. The number of aromatic carboxylic acids is 1. The van der Waals surface area contributed by atoms with Gasteiger partial charge in [-0.25, -0.2) is 14.8 Å². The number of nitrogens with two attached hydrogens (primary N) is 1. The Labute approximate surface area is 151 Å². The van der Waals surface area contributed by atoms with E-state index in [0.717, 1.165) is 11.1 Å². The number of carboxylic acids is 1. The number of aromatic nitrogens is 2. The largest absolute Gasteiger partial charge is 0.478 e. The third kappa shape index (κ3) is 3.80. The molecule has 0 amide bonds. The number of hydrogen-bond acceptors (Lipinski definition) is 5. The van der Waals surface area contributed by atoms with E-state index in [1.165, 1.54) is 0 Å². The summed E-state index contributed by atoms with van der Waals surface area (Å²) in [6, 6.07) is 15.0. The lowest BCUT2D eigenvalue weighted by Crippen LogP contribution is -2.11. The smallest absolute Gasteiger partial charge is 0.335 e. The first-order valence-corrected chi connectivity index (χ1v) is 8.23. The van der Waals surface area contributed by atoms with E-state index in [9.17, 15) is 9.90 Å². The summed E-state index contributed by atoms with van der Waals surface area (Å²) in [7, 11) is 0. The van der Waals surface area contributed by atoms with E-state index in [4.69, 9.17) is 5.73 Å². The highest BCUT2D eigenvalue weighted by Gasteiger charge is 2.13. The van der Waals surface area contributed by atoms with E-state index in [1.54, 1.807) is 18.3 Å². The fourth-order valence-electron chi connectivity index (χ4n) is 2.73. The Bertz CT molecular complexity index is 942. The van der Waals surface area contributed by atoms with Gasteiger partial charge in [0.05, 0.1) is 23.5 Å². The van der Waals surface area contributed by atoms with Gasteiger partial charge in [-0.1, -0.05) is 30.3 Å². The minimum absolute atomic E-state index is 0.00450. The molecule has 0 aliphatic rings. The molecular formula is C20H20N4O2. The van der Waals surface area contributed by atoms with Crippen LogP contribution in [-0.2, 0) is 0 Å². The number of rotatable bonds is 5. The van der Waals surface area contributed by atoms with Crippen LogP contribution in [0.1, 0.15) is 34.5 Å². The van der Waals surface area contributed by atoms with E-state index in [0.29, 0.717) is 22.9 Å². The quantitative estimate of drug-likeness (QED) is 0.646. The highest BCUT2D eigenvalue weighted by molar-refractivity contribution is 5.89. The molecule has 132 valence electrons. The summed E-state index contributed by atoms with van der Waals surface area (Å²) in [5.41, 5.74) is 9.37. The van der Waals surface area contributed by atoms with Gasteiger partial charge in [0, 0.05) is 5.56 Å². The second-order valence-corrected chi connectivity index (χ2v) is 6.16. The Morgan fingerprint density at radius 2 is 1.92 bits per heavy atom. The first-order chi connectivity index (χ1) is 12.4. The number of hydrogen-bond donors (Lipinski definition) is 3. The Kier molecular flexibility index (Phi) is 4.84. The van der Waals surface area contributed by atoms with Crippen molar-refractivity contribution in [1.29, 1.82) is 0 Å². The molecular weight excluding hydrogens is 328 g/mol. The number of nitrogen functional groups attached to an aromatic ring is 1. The molecule has 0 fully saturated rings. The number of benzene rings is 2. The van der Waals surface area contributed by atoms with Gasteiger partial charge in [-0.3, -0.25) is 0 Å². The number of anilines is 2. The van der Waals surface area contributed by atoms with Crippen LogP contribution in [0.15, 0.2) is 54.7 Å². The van der Waals surface area contributed by atoms with E-state index in [2.05, 4.69) is 15.3 Å². The monoisotopic (exact) mass is 348 g/mol. The zero-order valence-corrected chi connectivity index (χ0v) is 14.6. The van der Waals surface area contributed by atoms with Gasteiger partial charge in [0.15, 0.2) is 11.6 Å². The number of nitrogens with zero attached hydrogens (tertiary/aromatic N) is 2. The van der Waals surface area contributed by atoms with E-state index in [1.807, 2.05) is 50.2 Å². The van der Waals surface area contributed by atoms with Crippen molar-refractivity contribution in [1.82, 2.24) is 9.97 Å². The van der Waals surface area contributed by atoms with Gasteiger partial charge in [-0.15, -0.1) is 0 Å². The van der Waals surface area contributed by atoms with Crippen molar-refractivity contribution in [2.24, 2.45) is 0 Å². The van der Waals surface area contributed by atoms with Crippen LogP contribution in [0.5, 0.6) is 0 Å². The Balaban J connectivity index is 1.94. The molecule has 1 heterocycles. The van der Waals surface area contributed by atoms with Crippen molar-refractivity contribution in [3.05, 3.63) is 71.4 Å². The summed E-state index contributed by atoms with van der Waals surface area (Å²) in [4.78, 5) is 20.1. The molecule has 1 atom stereocenters. The topological polar surface area (TPSA) is 101 Å². The number of aryl methyl sites for hydroxylation is 1. The van der Waals surface area contributed by atoms with Gasteiger partial charge >= 0.3 is 5.97 Å². The number of carboxylic acid groups (broad SMARTS) is 1. The molecule has 6 heteroatoms. The van der Waals surface area contributed by atoms with Gasteiger partial charge in [0.2, 0.25) is 0 Å². The van der Waals surface area contributed by atoms with Gasteiger partial charge in [-0.2, -0.15) is 0 Å². The molecule has 0 aliphatic carbocycles. The summed E-state index contributed by atoms with van der Waals surface area (Å²) in [5, 5.41) is 12.5. The number of nitrogens with one attached hydrogen (secondary N) is 1. The molecule has 3 aromatic rings. The molecule has 2 aromatic carbocycles. The van der Waals surface area contributed by atoms with Crippen LogP contribution in [0.4, 0.5) is 11.6 Å². The lowest BCUT2D eigenvalue weighted by Gasteiger charge is -2.16. The normalized spacial score (nSPS) is 11.8. The molecule has 26 heavy (non-hydrogen) atoms. The lowest BCUT2D eigenvalue weighted by molar-refractivity contribution is 0.0697. The van der Waals surface area contributed by atoms with Crippen LogP contribution in [0.3, 0.4) is 0 Å². The zero-order valence-electron chi connectivity index (χ0n) is 14.6. The molecule has 4 N–H and O–H groups in total. The van der Waals surface area contributed by atoms with Crippen molar-refractivity contribution < 1.29 is 9.90 Å². The molecule has 0 radical (unpaired) electrons. The van der Waals surface area contributed by atoms with Crippen molar-refractivity contribution in [3.63, 3.8) is 0 Å². The first kappa shape index (κ1) is 17.4. The molecule has 0 bridgehead atoms. The Morgan fingerprint density at radius 1 is 1.19 bits per heavy atom. The van der Waals surface area contributed by atoms with Crippen molar-refractivity contribution >= 4 is 17.6 Å². The second kappa shape index (κ2) is 7.23. The maximum Gasteiger partial charge on any atom is 0.335 e. The van der Waals surface area contributed by atoms with E-state index in [-0.39, 0.29) is 11.6 Å². The highest BCUT2D eigenvalue weighted by Crippen LogP contribution is 2.26. The van der Waals surface area contributed by atoms with Gasteiger partial charge in [-0.05, 0) is 43.2 Å².